The van der Waals surface area contributed by atoms with E-state index in [1.165, 1.54) is 12.1 Å². The van der Waals surface area contributed by atoms with Crippen LogP contribution >= 0.6 is 11.8 Å². The van der Waals surface area contributed by atoms with E-state index in [2.05, 4.69) is 11.3 Å². The first-order chi connectivity index (χ1) is 8.26. The van der Waals surface area contributed by atoms with Gasteiger partial charge in [-0.25, -0.2) is 4.39 Å². The second-order valence-corrected chi connectivity index (χ2v) is 4.82. The molecule has 2 nitrogen and oxygen atoms in total. The summed E-state index contributed by atoms with van der Waals surface area (Å²) in [6.07, 6.45) is 7.89. The third kappa shape index (κ3) is 5.73. The Bertz CT molecular complexity index is 359. The van der Waals surface area contributed by atoms with E-state index in [-0.39, 0.29) is 11.9 Å². The summed E-state index contributed by atoms with van der Waals surface area (Å²) in [5, 5.41) is 0. The lowest BCUT2D eigenvalue weighted by molar-refractivity contribution is 0.524. The van der Waals surface area contributed by atoms with E-state index in [1.54, 1.807) is 23.9 Å². The van der Waals surface area contributed by atoms with Gasteiger partial charge in [0.25, 0.3) is 0 Å². The topological polar surface area (TPSA) is 38.0 Å². The molecule has 0 fully saturated rings. The van der Waals surface area contributed by atoms with Gasteiger partial charge < -0.3 is 0 Å². The van der Waals surface area contributed by atoms with Crippen LogP contribution in [0, 0.1) is 18.2 Å². The molecule has 0 saturated carbocycles. The molecule has 1 atom stereocenters. The molecule has 1 rings (SSSR count). The first-order valence-corrected chi connectivity index (χ1v) is 6.52. The molecule has 1 aromatic carbocycles. The maximum absolute atomic E-state index is 12.7. The van der Waals surface area contributed by atoms with Crippen LogP contribution in [0.15, 0.2) is 29.2 Å². The monoisotopic (exact) mass is 252 g/mol. The molecule has 1 unspecified atom stereocenters. The van der Waals surface area contributed by atoms with Crippen LogP contribution in [-0.2, 0) is 0 Å². The molecule has 0 spiro atoms. The first-order valence-electron chi connectivity index (χ1n) is 5.54. The lowest BCUT2D eigenvalue weighted by atomic mass is 10.1. The van der Waals surface area contributed by atoms with Crippen LogP contribution in [0.2, 0.25) is 0 Å². The largest absolute Gasteiger partial charge is 0.271 e. The van der Waals surface area contributed by atoms with Gasteiger partial charge in [-0.2, -0.15) is 0 Å². The van der Waals surface area contributed by atoms with E-state index in [4.69, 9.17) is 12.3 Å². The highest BCUT2D eigenvalue weighted by Gasteiger charge is 2.06. The number of thioether (sulfide) groups is 1. The molecule has 0 aromatic heterocycles. The number of nitrogens with one attached hydrogen (secondary N) is 1. The highest BCUT2D eigenvalue weighted by molar-refractivity contribution is 7.99. The minimum atomic E-state index is -0.211. The Morgan fingerprint density at radius 2 is 2.12 bits per heavy atom. The zero-order valence-corrected chi connectivity index (χ0v) is 10.5. The molecule has 1 aromatic rings. The Morgan fingerprint density at radius 3 is 2.71 bits per heavy atom. The summed E-state index contributed by atoms with van der Waals surface area (Å²) in [7, 11) is 0. The molecule has 0 radical (unpaired) electrons. The van der Waals surface area contributed by atoms with Crippen molar-refractivity contribution >= 4 is 11.8 Å². The Kier molecular flexibility index (Phi) is 6.71. The van der Waals surface area contributed by atoms with Gasteiger partial charge in [-0.05, 0) is 37.1 Å². The normalized spacial score (nSPS) is 12.1. The van der Waals surface area contributed by atoms with Crippen LogP contribution in [0.3, 0.4) is 0 Å². The van der Waals surface area contributed by atoms with E-state index >= 15 is 0 Å². The molecule has 0 amide bonds. The van der Waals surface area contributed by atoms with Crippen molar-refractivity contribution < 1.29 is 4.39 Å². The fourth-order valence-electron chi connectivity index (χ4n) is 1.39. The fraction of sp³-hybridized carbons (Fsp3) is 0.385. The van der Waals surface area contributed by atoms with Crippen LogP contribution in [0.1, 0.15) is 19.3 Å². The number of hydrogen-bond acceptors (Lipinski definition) is 3. The highest BCUT2D eigenvalue weighted by atomic mass is 32.2. The number of hydrogen-bond donors (Lipinski definition) is 2. The zero-order valence-electron chi connectivity index (χ0n) is 9.66. The molecular formula is C13H17FN2S. The Hall–Kier alpha value is -1.02. The van der Waals surface area contributed by atoms with Crippen molar-refractivity contribution in [2.45, 2.75) is 30.2 Å². The van der Waals surface area contributed by atoms with Gasteiger partial charge in [0.05, 0.1) is 0 Å². The van der Waals surface area contributed by atoms with Crippen LogP contribution < -0.4 is 11.3 Å². The van der Waals surface area contributed by atoms with E-state index in [0.29, 0.717) is 0 Å². The number of hydrazine groups is 1. The maximum atomic E-state index is 12.7. The quantitative estimate of drug-likeness (QED) is 0.257. The van der Waals surface area contributed by atoms with E-state index in [0.717, 1.165) is 29.9 Å². The smallest absolute Gasteiger partial charge is 0.123 e. The Morgan fingerprint density at radius 1 is 1.41 bits per heavy atom. The summed E-state index contributed by atoms with van der Waals surface area (Å²) in [6, 6.07) is 6.71. The molecule has 17 heavy (non-hydrogen) atoms. The van der Waals surface area contributed by atoms with Gasteiger partial charge >= 0.3 is 0 Å². The molecule has 0 heterocycles. The summed E-state index contributed by atoms with van der Waals surface area (Å²) < 4.78 is 12.7. The summed E-state index contributed by atoms with van der Waals surface area (Å²) in [5.74, 6) is 8.72. The third-order valence-electron chi connectivity index (χ3n) is 2.37. The fourth-order valence-corrected chi connectivity index (χ4v) is 2.38. The van der Waals surface area contributed by atoms with Crippen molar-refractivity contribution in [1.29, 1.82) is 0 Å². The average molecular weight is 252 g/mol. The van der Waals surface area contributed by atoms with Crippen molar-refractivity contribution in [3.63, 3.8) is 0 Å². The molecular weight excluding hydrogens is 235 g/mol. The van der Waals surface area contributed by atoms with Crippen molar-refractivity contribution in [2.75, 3.05) is 5.75 Å². The van der Waals surface area contributed by atoms with Crippen molar-refractivity contribution in [1.82, 2.24) is 5.43 Å². The van der Waals surface area contributed by atoms with Gasteiger partial charge in [0, 0.05) is 23.1 Å². The van der Waals surface area contributed by atoms with Gasteiger partial charge in [0.1, 0.15) is 5.82 Å². The molecule has 0 saturated heterocycles. The molecule has 92 valence electrons. The van der Waals surface area contributed by atoms with E-state index in [9.17, 15) is 4.39 Å². The molecule has 4 heteroatoms. The second kappa shape index (κ2) is 8.13. The van der Waals surface area contributed by atoms with Crippen LogP contribution in [0.4, 0.5) is 4.39 Å². The number of terminal acetylenes is 1. The molecule has 0 aliphatic rings. The lowest BCUT2D eigenvalue weighted by Gasteiger charge is -2.14. The average Bonchev–Trinajstić information content (AvgIpc) is 2.35. The van der Waals surface area contributed by atoms with Gasteiger partial charge in [0.2, 0.25) is 0 Å². The molecule has 0 aliphatic carbocycles. The van der Waals surface area contributed by atoms with Gasteiger partial charge in [0.15, 0.2) is 0 Å². The third-order valence-corrected chi connectivity index (χ3v) is 3.55. The number of benzene rings is 1. The number of nitrogens with two attached hydrogens (primary N) is 1. The predicted molar refractivity (Wildman–Crippen MR) is 70.9 cm³/mol. The van der Waals surface area contributed by atoms with Crippen LogP contribution in [0.25, 0.3) is 0 Å². The maximum Gasteiger partial charge on any atom is 0.123 e. The number of rotatable bonds is 7. The van der Waals surface area contributed by atoms with Crippen molar-refractivity contribution in [3.05, 3.63) is 30.1 Å². The van der Waals surface area contributed by atoms with E-state index in [1.807, 2.05) is 0 Å². The summed E-state index contributed by atoms with van der Waals surface area (Å²) >= 11 is 1.66. The molecule has 0 bridgehead atoms. The molecule has 3 N–H and O–H groups in total. The van der Waals surface area contributed by atoms with E-state index < -0.39 is 0 Å². The number of halogens is 1. The number of unbranched alkanes of at least 4 members (excludes halogenated alkanes) is 1. The second-order valence-electron chi connectivity index (χ2n) is 3.72. The van der Waals surface area contributed by atoms with Gasteiger partial charge in [-0.3, -0.25) is 11.3 Å². The van der Waals surface area contributed by atoms with Crippen molar-refractivity contribution in [3.8, 4) is 12.3 Å². The van der Waals surface area contributed by atoms with Gasteiger partial charge in [-0.15, -0.1) is 24.1 Å². The Balaban J connectivity index is 2.32. The summed E-state index contributed by atoms with van der Waals surface area (Å²) in [6.45, 7) is 0. The zero-order chi connectivity index (χ0) is 12.5. The molecule has 0 aliphatic heterocycles. The minimum absolute atomic E-state index is 0.211. The summed E-state index contributed by atoms with van der Waals surface area (Å²) in [4.78, 5) is 1.04. The van der Waals surface area contributed by atoms with Crippen molar-refractivity contribution in [2.24, 2.45) is 5.84 Å². The first kappa shape index (κ1) is 14.0. The summed E-state index contributed by atoms with van der Waals surface area (Å²) in [5.41, 5.74) is 2.78. The minimum Gasteiger partial charge on any atom is -0.271 e. The Labute approximate surface area is 106 Å². The predicted octanol–water partition coefficient (Wildman–Crippen LogP) is 2.55. The van der Waals surface area contributed by atoms with Crippen LogP contribution in [0.5, 0.6) is 0 Å². The van der Waals surface area contributed by atoms with Crippen LogP contribution in [-0.4, -0.2) is 11.8 Å². The lowest BCUT2D eigenvalue weighted by Crippen LogP contribution is -2.36. The van der Waals surface area contributed by atoms with Gasteiger partial charge in [-0.1, -0.05) is 0 Å². The SMILES string of the molecule is C#CCCCC(CSc1ccc(F)cc1)NN. The standard InChI is InChI=1S/C13H17FN2S/c1-2-3-4-5-12(16-15)10-17-13-8-6-11(14)7-9-13/h1,6-9,12,16H,3-5,10,15H2. The highest BCUT2D eigenvalue weighted by Crippen LogP contribution is 2.20.